The summed E-state index contributed by atoms with van der Waals surface area (Å²) in [6, 6.07) is 6.34. The fraction of sp³-hybridized carbons (Fsp3) is 0.524. The van der Waals surface area contributed by atoms with Gasteiger partial charge in [0.25, 0.3) is 10.0 Å². The van der Waals surface area contributed by atoms with Crippen molar-refractivity contribution < 1.29 is 13.2 Å². The number of aryl methyl sites for hydroxylation is 1. The number of hydrogen-bond donors (Lipinski definition) is 0. The van der Waals surface area contributed by atoms with Gasteiger partial charge in [0.1, 0.15) is 0 Å². The molecule has 1 aromatic carbocycles. The Hall–Kier alpha value is -2.15. The van der Waals surface area contributed by atoms with E-state index in [1.54, 1.807) is 12.1 Å². The average molecular weight is 401 g/mol. The zero-order valence-corrected chi connectivity index (χ0v) is 16.7. The largest absolute Gasteiger partial charge is 0.349 e. The van der Waals surface area contributed by atoms with Crippen molar-refractivity contribution in [2.45, 2.75) is 50.3 Å². The van der Waals surface area contributed by atoms with Gasteiger partial charge < -0.3 is 0 Å². The van der Waals surface area contributed by atoms with Crippen molar-refractivity contribution in [1.29, 1.82) is 0 Å². The molecule has 28 heavy (non-hydrogen) atoms. The zero-order valence-electron chi connectivity index (χ0n) is 15.9. The molecule has 1 aromatic heterocycles. The lowest BCUT2D eigenvalue weighted by molar-refractivity contribution is -0.0403. The molecule has 6 nitrogen and oxygen atoms in total. The zero-order chi connectivity index (χ0) is 19.7. The number of hydrogen-bond acceptors (Lipinski definition) is 4. The summed E-state index contributed by atoms with van der Waals surface area (Å²) in [5.41, 5.74) is -0.347. The first kappa shape index (κ1) is 17.9. The van der Waals surface area contributed by atoms with Crippen molar-refractivity contribution in [3.63, 3.8) is 0 Å². The van der Waals surface area contributed by atoms with Crippen LogP contribution in [0.5, 0.6) is 0 Å². The van der Waals surface area contributed by atoms with Crippen LogP contribution in [0.1, 0.15) is 48.9 Å². The third-order valence-corrected chi connectivity index (χ3v) is 8.70. The van der Waals surface area contributed by atoms with Crippen LogP contribution in [0.15, 0.2) is 46.3 Å². The van der Waals surface area contributed by atoms with Crippen molar-refractivity contribution in [1.82, 2.24) is 8.54 Å². The Morgan fingerprint density at radius 2 is 1.50 bits per heavy atom. The first-order chi connectivity index (χ1) is 13.3. The number of imidazole rings is 1. The highest BCUT2D eigenvalue weighted by atomic mass is 32.2. The van der Waals surface area contributed by atoms with E-state index in [-0.39, 0.29) is 10.8 Å². The summed E-state index contributed by atoms with van der Waals surface area (Å²) in [6.45, 7) is 1.86. The lowest BCUT2D eigenvalue weighted by atomic mass is 9.49. The molecule has 148 valence electrons. The minimum Gasteiger partial charge on any atom is -0.273 e. The number of nitrogens with zero attached hydrogens (tertiary/aromatic N) is 2. The van der Waals surface area contributed by atoms with Crippen LogP contribution in [0.25, 0.3) is 0 Å². The van der Waals surface area contributed by atoms with E-state index in [0.29, 0.717) is 21.7 Å². The van der Waals surface area contributed by atoms with Crippen molar-refractivity contribution >= 4 is 15.9 Å². The Morgan fingerprint density at radius 1 is 0.964 bits per heavy atom. The van der Waals surface area contributed by atoms with Gasteiger partial charge in [0.05, 0.1) is 10.3 Å². The highest BCUT2D eigenvalue weighted by molar-refractivity contribution is 7.90. The standard InChI is InChI=1S/C21H24N2O4S/c1-14-2-4-18(5-3-14)28(26,27)23-7-6-22(20(23)25)19(24)21-11-15-8-16(12-21)10-17(9-15)13-21/h2-7,15-17H,8-13H2,1H3. The van der Waals surface area contributed by atoms with Gasteiger partial charge in [-0.3, -0.25) is 4.79 Å². The molecule has 0 N–H and O–H groups in total. The predicted molar refractivity (Wildman–Crippen MR) is 104 cm³/mol. The molecule has 2 aromatic rings. The van der Waals surface area contributed by atoms with E-state index in [1.807, 2.05) is 6.92 Å². The van der Waals surface area contributed by atoms with Gasteiger partial charge >= 0.3 is 5.69 Å². The third-order valence-electron chi connectivity index (χ3n) is 7.03. The summed E-state index contributed by atoms with van der Waals surface area (Å²) >= 11 is 0. The van der Waals surface area contributed by atoms with Crippen LogP contribution >= 0.6 is 0 Å². The Kier molecular flexibility index (Phi) is 3.79. The molecule has 6 rings (SSSR count). The molecule has 4 bridgehead atoms. The molecule has 0 aliphatic heterocycles. The second-order valence-electron chi connectivity index (χ2n) is 9.07. The molecule has 0 radical (unpaired) electrons. The summed E-state index contributed by atoms with van der Waals surface area (Å²) in [4.78, 5) is 26.4. The minimum absolute atomic E-state index is 0.0419. The lowest BCUT2D eigenvalue weighted by Gasteiger charge is -2.55. The van der Waals surface area contributed by atoms with E-state index in [4.69, 9.17) is 0 Å². The molecule has 4 aliphatic carbocycles. The monoisotopic (exact) mass is 400 g/mol. The van der Waals surface area contributed by atoms with E-state index in [2.05, 4.69) is 0 Å². The second kappa shape index (κ2) is 5.92. The molecule has 7 heteroatoms. The maximum Gasteiger partial charge on any atom is 0.349 e. The summed E-state index contributed by atoms with van der Waals surface area (Å²) in [6.07, 6.45) is 8.63. The molecule has 1 heterocycles. The summed E-state index contributed by atoms with van der Waals surface area (Å²) in [5, 5.41) is 0. The van der Waals surface area contributed by atoms with Crippen LogP contribution in [0.4, 0.5) is 0 Å². The van der Waals surface area contributed by atoms with E-state index in [9.17, 15) is 18.0 Å². The second-order valence-corrected chi connectivity index (χ2v) is 10.9. The summed E-state index contributed by atoms with van der Waals surface area (Å²) in [7, 11) is -4.02. The van der Waals surface area contributed by atoms with Gasteiger partial charge in [-0.25, -0.2) is 17.8 Å². The third kappa shape index (κ3) is 2.55. The predicted octanol–water partition coefficient (Wildman–Crippen LogP) is 3.05. The molecule has 0 unspecified atom stereocenters. The molecular weight excluding hydrogens is 376 g/mol. The number of carbonyl (C=O) groups is 1. The van der Waals surface area contributed by atoms with Crippen LogP contribution in [0, 0.1) is 30.1 Å². The molecule has 0 saturated heterocycles. The van der Waals surface area contributed by atoms with Gasteiger partial charge in [-0.05, 0) is 75.3 Å². The van der Waals surface area contributed by atoms with E-state index < -0.39 is 21.1 Å². The van der Waals surface area contributed by atoms with Gasteiger partial charge in [-0.15, -0.1) is 0 Å². The molecule has 0 atom stereocenters. The smallest absolute Gasteiger partial charge is 0.273 e. The Morgan fingerprint density at radius 3 is 2.04 bits per heavy atom. The molecule has 0 amide bonds. The number of aromatic nitrogens is 2. The van der Waals surface area contributed by atoms with Crippen molar-refractivity contribution in [2.75, 3.05) is 0 Å². The molecule has 4 saturated carbocycles. The molecule has 4 fully saturated rings. The van der Waals surface area contributed by atoms with Crippen molar-refractivity contribution in [3.05, 3.63) is 52.7 Å². The Balaban J connectivity index is 1.52. The van der Waals surface area contributed by atoms with Crippen LogP contribution in [0.3, 0.4) is 0 Å². The quantitative estimate of drug-likeness (QED) is 0.793. The normalized spacial score (nSPS) is 31.2. The van der Waals surface area contributed by atoms with E-state index >= 15 is 0 Å². The SMILES string of the molecule is Cc1ccc(S(=O)(=O)n2ccn(C(=O)C34CC5CC(CC(C5)C3)C4)c2=O)cc1. The first-order valence-corrected chi connectivity index (χ1v) is 11.4. The van der Waals surface area contributed by atoms with E-state index in [0.717, 1.165) is 29.4 Å². The topological polar surface area (TPSA) is 78.1 Å². The average Bonchev–Trinajstić information content (AvgIpc) is 3.02. The molecular formula is C21H24N2O4S. The van der Waals surface area contributed by atoms with Gasteiger partial charge in [-0.2, -0.15) is 3.97 Å². The molecule has 0 spiro atoms. The fourth-order valence-corrected chi connectivity index (χ4v) is 7.37. The van der Waals surface area contributed by atoms with Crippen LogP contribution < -0.4 is 5.69 Å². The maximum absolute atomic E-state index is 13.4. The summed E-state index contributed by atoms with van der Waals surface area (Å²) < 4.78 is 27.5. The fourth-order valence-electron chi connectivity index (χ4n) is 6.15. The minimum atomic E-state index is -4.02. The lowest BCUT2D eigenvalue weighted by Crippen LogP contribution is -2.52. The van der Waals surface area contributed by atoms with Crippen molar-refractivity contribution in [3.8, 4) is 0 Å². The van der Waals surface area contributed by atoms with Crippen LogP contribution in [0.2, 0.25) is 0 Å². The Labute approximate surface area is 164 Å². The Bertz CT molecular complexity index is 1070. The maximum atomic E-state index is 13.4. The highest BCUT2D eigenvalue weighted by Crippen LogP contribution is 2.60. The number of benzene rings is 1. The van der Waals surface area contributed by atoms with E-state index in [1.165, 1.54) is 43.8 Å². The van der Waals surface area contributed by atoms with Crippen LogP contribution in [-0.4, -0.2) is 22.9 Å². The highest BCUT2D eigenvalue weighted by Gasteiger charge is 2.55. The summed E-state index contributed by atoms with van der Waals surface area (Å²) in [5.74, 6) is 1.51. The van der Waals surface area contributed by atoms with Gasteiger partial charge in [-0.1, -0.05) is 17.7 Å². The van der Waals surface area contributed by atoms with Gasteiger partial charge in [0.15, 0.2) is 0 Å². The molecule has 4 aliphatic rings. The number of carbonyl (C=O) groups excluding carboxylic acids is 1. The van der Waals surface area contributed by atoms with Crippen molar-refractivity contribution in [2.24, 2.45) is 23.2 Å². The van der Waals surface area contributed by atoms with Gasteiger partial charge in [0.2, 0.25) is 5.91 Å². The first-order valence-electron chi connectivity index (χ1n) is 9.96. The van der Waals surface area contributed by atoms with Gasteiger partial charge in [0, 0.05) is 12.4 Å². The van der Waals surface area contributed by atoms with Crippen LogP contribution in [-0.2, 0) is 10.0 Å². The number of rotatable bonds is 3.